The topological polar surface area (TPSA) is 56.8 Å². The van der Waals surface area contributed by atoms with Crippen LogP contribution in [-0.2, 0) is 9.53 Å². The van der Waals surface area contributed by atoms with E-state index in [0.717, 1.165) is 12.0 Å². The second-order valence-electron chi connectivity index (χ2n) is 4.05. The van der Waals surface area contributed by atoms with E-state index >= 15 is 0 Å². The SMILES string of the molecule is COCCCNC(=O)C=Cc1c(OC)cccc1OC. The van der Waals surface area contributed by atoms with Crippen LogP contribution >= 0.6 is 0 Å². The first-order chi connectivity index (χ1) is 9.72. The normalized spacial score (nSPS) is 10.6. The summed E-state index contributed by atoms with van der Waals surface area (Å²) in [5, 5.41) is 2.78. The van der Waals surface area contributed by atoms with Gasteiger partial charge in [0.1, 0.15) is 11.5 Å². The highest BCUT2D eigenvalue weighted by Crippen LogP contribution is 2.29. The second kappa shape index (κ2) is 8.98. The summed E-state index contributed by atoms with van der Waals surface area (Å²) in [5.41, 5.74) is 0.740. The quantitative estimate of drug-likeness (QED) is 0.583. The molecule has 0 saturated carbocycles. The molecule has 0 aliphatic heterocycles. The molecule has 1 amide bonds. The maximum atomic E-state index is 11.7. The van der Waals surface area contributed by atoms with Crippen LogP contribution in [0.5, 0.6) is 11.5 Å². The summed E-state index contributed by atoms with van der Waals surface area (Å²) in [6, 6.07) is 5.47. The molecule has 0 aliphatic carbocycles. The molecule has 1 aromatic rings. The van der Waals surface area contributed by atoms with Crippen LogP contribution in [0, 0.1) is 0 Å². The summed E-state index contributed by atoms with van der Waals surface area (Å²) in [7, 11) is 4.80. The average molecular weight is 279 g/mol. The first-order valence-electron chi connectivity index (χ1n) is 6.38. The number of methoxy groups -OCH3 is 3. The lowest BCUT2D eigenvalue weighted by molar-refractivity contribution is -0.116. The van der Waals surface area contributed by atoms with Crippen LogP contribution in [0.15, 0.2) is 24.3 Å². The van der Waals surface area contributed by atoms with E-state index in [1.54, 1.807) is 27.4 Å². The Kier molecular flexibility index (Phi) is 7.21. The number of ether oxygens (including phenoxy) is 3. The third kappa shape index (κ3) is 4.93. The Hall–Kier alpha value is -2.01. The Balaban J connectivity index is 2.67. The molecule has 0 heterocycles. The number of rotatable bonds is 8. The lowest BCUT2D eigenvalue weighted by Gasteiger charge is -2.09. The van der Waals surface area contributed by atoms with Gasteiger partial charge < -0.3 is 19.5 Å². The molecule has 0 unspecified atom stereocenters. The molecule has 0 aliphatic rings. The van der Waals surface area contributed by atoms with E-state index in [1.165, 1.54) is 6.08 Å². The summed E-state index contributed by atoms with van der Waals surface area (Å²) in [6.07, 6.45) is 3.94. The van der Waals surface area contributed by atoms with Gasteiger partial charge in [0, 0.05) is 26.3 Å². The maximum absolute atomic E-state index is 11.7. The third-order valence-corrected chi connectivity index (χ3v) is 2.69. The number of hydrogen-bond acceptors (Lipinski definition) is 4. The molecule has 0 spiro atoms. The van der Waals surface area contributed by atoms with Crippen molar-refractivity contribution >= 4 is 12.0 Å². The van der Waals surface area contributed by atoms with Crippen LogP contribution < -0.4 is 14.8 Å². The van der Waals surface area contributed by atoms with Gasteiger partial charge in [-0.1, -0.05) is 6.07 Å². The highest BCUT2D eigenvalue weighted by Gasteiger charge is 2.06. The fourth-order valence-corrected chi connectivity index (χ4v) is 1.69. The Bertz CT molecular complexity index is 435. The summed E-state index contributed by atoms with van der Waals surface area (Å²) < 4.78 is 15.4. The molecule has 1 aromatic carbocycles. The fourth-order valence-electron chi connectivity index (χ4n) is 1.69. The van der Waals surface area contributed by atoms with E-state index in [-0.39, 0.29) is 5.91 Å². The Morgan fingerprint density at radius 2 is 1.85 bits per heavy atom. The van der Waals surface area contributed by atoms with Crippen LogP contribution in [-0.4, -0.2) is 40.4 Å². The van der Waals surface area contributed by atoms with Crippen LogP contribution in [0.25, 0.3) is 6.08 Å². The highest BCUT2D eigenvalue weighted by molar-refractivity contribution is 5.92. The molecule has 1 rings (SSSR count). The Morgan fingerprint density at radius 1 is 1.20 bits per heavy atom. The maximum Gasteiger partial charge on any atom is 0.244 e. The summed E-state index contributed by atoms with van der Waals surface area (Å²) in [6.45, 7) is 1.21. The van der Waals surface area contributed by atoms with Crippen LogP contribution in [0.1, 0.15) is 12.0 Å². The second-order valence-corrected chi connectivity index (χ2v) is 4.05. The minimum atomic E-state index is -0.158. The van der Waals surface area contributed by atoms with E-state index < -0.39 is 0 Å². The molecule has 110 valence electrons. The van der Waals surface area contributed by atoms with Crippen molar-refractivity contribution in [2.75, 3.05) is 34.5 Å². The van der Waals surface area contributed by atoms with Crippen LogP contribution in [0.2, 0.25) is 0 Å². The van der Waals surface area contributed by atoms with Gasteiger partial charge in [0.05, 0.1) is 19.8 Å². The van der Waals surface area contributed by atoms with Crippen LogP contribution in [0.4, 0.5) is 0 Å². The summed E-state index contributed by atoms with van der Waals surface area (Å²) in [4.78, 5) is 11.7. The first kappa shape index (κ1) is 16.0. The average Bonchev–Trinajstić information content (AvgIpc) is 2.49. The molecule has 0 aromatic heterocycles. The molecule has 1 N–H and O–H groups in total. The van der Waals surface area contributed by atoms with E-state index in [9.17, 15) is 4.79 Å². The Morgan fingerprint density at radius 3 is 2.40 bits per heavy atom. The minimum Gasteiger partial charge on any atom is -0.496 e. The van der Waals surface area contributed by atoms with Gasteiger partial charge in [-0.25, -0.2) is 0 Å². The zero-order valence-electron chi connectivity index (χ0n) is 12.1. The van der Waals surface area contributed by atoms with Crippen molar-refractivity contribution in [3.63, 3.8) is 0 Å². The first-order valence-corrected chi connectivity index (χ1v) is 6.38. The monoisotopic (exact) mass is 279 g/mol. The van der Waals surface area contributed by atoms with E-state index in [1.807, 2.05) is 18.2 Å². The van der Waals surface area contributed by atoms with Crippen molar-refractivity contribution in [1.29, 1.82) is 0 Å². The van der Waals surface area contributed by atoms with Crippen LogP contribution in [0.3, 0.4) is 0 Å². The number of carbonyl (C=O) groups excluding carboxylic acids is 1. The number of benzene rings is 1. The molecular formula is C15H21NO4. The largest absolute Gasteiger partial charge is 0.496 e. The van der Waals surface area contributed by atoms with Gasteiger partial charge in [0.15, 0.2) is 0 Å². The molecule has 0 atom stereocenters. The lowest BCUT2D eigenvalue weighted by atomic mass is 10.1. The molecular weight excluding hydrogens is 258 g/mol. The van der Waals surface area contributed by atoms with E-state index in [4.69, 9.17) is 14.2 Å². The van der Waals surface area contributed by atoms with E-state index in [2.05, 4.69) is 5.32 Å². The predicted molar refractivity (Wildman–Crippen MR) is 78.1 cm³/mol. The van der Waals surface area contributed by atoms with Crippen molar-refractivity contribution in [3.05, 3.63) is 29.8 Å². The predicted octanol–water partition coefficient (Wildman–Crippen LogP) is 1.87. The summed E-state index contributed by atoms with van der Waals surface area (Å²) in [5.74, 6) is 1.16. The van der Waals surface area contributed by atoms with E-state index in [0.29, 0.717) is 24.7 Å². The van der Waals surface area contributed by atoms with Gasteiger partial charge in [-0.05, 0) is 24.6 Å². The van der Waals surface area contributed by atoms with Crippen molar-refractivity contribution in [2.24, 2.45) is 0 Å². The number of amides is 1. The number of nitrogens with one attached hydrogen (secondary N) is 1. The van der Waals surface area contributed by atoms with Crippen molar-refractivity contribution < 1.29 is 19.0 Å². The highest BCUT2D eigenvalue weighted by atomic mass is 16.5. The smallest absolute Gasteiger partial charge is 0.244 e. The molecule has 0 saturated heterocycles. The zero-order chi connectivity index (χ0) is 14.8. The van der Waals surface area contributed by atoms with Gasteiger partial charge >= 0.3 is 0 Å². The Labute approximate surface area is 119 Å². The number of carbonyl (C=O) groups is 1. The standard InChI is InChI=1S/C15H21NO4/c1-18-11-5-10-16-15(17)9-8-12-13(19-2)6-4-7-14(12)20-3/h4,6-9H,5,10-11H2,1-3H3,(H,16,17). The van der Waals surface area contributed by atoms with Crippen molar-refractivity contribution in [3.8, 4) is 11.5 Å². The molecule has 5 heteroatoms. The molecule has 0 fully saturated rings. The van der Waals surface area contributed by atoms with Gasteiger partial charge in [-0.3, -0.25) is 4.79 Å². The van der Waals surface area contributed by atoms with Gasteiger partial charge in [-0.2, -0.15) is 0 Å². The van der Waals surface area contributed by atoms with Crippen molar-refractivity contribution in [2.45, 2.75) is 6.42 Å². The molecule has 0 bridgehead atoms. The molecule has 0 radical (unpaired) electrons. The molecule has 20 heavy (non-hydrogen) atoms. The fraction of sp³-hybridized carbons (Fsp3) is 0.400. The third-order valence-electron chi connectivity index (χ3n) is 2.69. The van der Waals surface area contributed by atoms with Crippen molar-refractivity contribution in [1.82, 2.24) is 5.32 Å². The van der Waals surface area contributed by atoms with Gasteiger partial charge in [0.25, 0.3) is 0 Å². The summed E-state index contributed by atoms with van der Waals surface area (Å²) >= 11 is 0. The lowest BCUT2D eigenvalue weighted by Crippen LogP contribution is -2.22. The van der Waals surface area contributed by atoms with Gasteiger partial charge in [-0.15, -0.1) is 0 Å². The van der Waals surface area contributed by atoms with Gasteiger partial charge in [0.2, 0.25) is 5.91 Å². The zero-order valence-corrected chi connectivity index (χ0v) is 12.1. The molecule has 5 nitrogen and oxygen atoms in total. The number of hydrogen-bond donors (Lipinski definition) is 1. The minimum absolute atomic E-state index is 0.158.